The molecule has 0 unspecified atom stereocenters. The van der Waals surface area contributed by atoms with Crippen molar-refractivity contribution in [3.05, 3.63) is 30.0 Å². The second-order valence-electron chi connectivity index (χ2n) is 7.21. The summed E-state index contributed by atoms with van der Waals surface area (Å²) in [4.78, 5) is 15.7. The van der Waals surface area contributed by atoms with Crippen LogP contribution < -0.4 is 5.32 Å². The van der Waals surface area contributed by atoms with Gasteiger partial charge >= 0.3 is 0 Å². The van der Waals surface area contributed by atoms with Crippen LogP contribution in [0.25, 0.3) is 10.9 Å². The van der Waals surface area contributed by atoms with Gasteiger partial charge in [0.1, 0.15) is 0 Å². The van der Waals surface area contributed by atoms with Crippen LogP contribution in [0.2, 0.25) is 0 Å². The minimum Gasteiger partial charge on any atom is -0.358 e. The van der Waals surface area contributed by atoms with Crippen LogP contribution in [0.15, 0.2) is 24.3 Å². The lowest BCUT2D eigenvalue weighted by molar-refractivity contribution is -0.119. The van der Waals surface area contributed by atoms with Gasteiger partial charge in [0.15, 0.2) is 0 Å². The molecule has 3 nitrogen and oxygen atoms in total. The Labute approximate surface area is 126 Å². The van der Waals surface area contributed by atoms with Crippen molar-refractivity contribution in [1.82, 2.24) is 4.98 Å². The Morgan fingerprint density at radius 3 is 2.57 bits per heavy atom. The van der Waals surface area contributed by atoms with Crippen molar-refractivity contribution in [3.63, 3.8) is 0 Å². The van der Waals surface area contributed by atoms with Crippen molar-refractivity contribution in [3.8, 4) is 0 Å². The molecule has 1 aliphatic rings. The Bertz CT molecular complexity index is 657. The molecule has 0 bridgehead atoms. The first-order chi connectivity index (χ1) is 9.93. The zero-order chi connectivity index (χ0) is 15.0. The highest BCUT2D eigenvalue weighted by atomic mass is 16.1. The Balaban J connectivity index is 1.82. The average molecular weight is 284 g/mol. The van der Waals surface area contributed by atoms with Crippen LogP contribution >= 0.6 is 0 Å². The highest BCUT2D eigenvalue weighted by Gasteiger charge is 2.22. The van der Waals surface area contributed by atoms with E-state index in [-0.39, 0.29) is 17.2 Å². The van der Waals surface area contributed by atoms with Gasteiger partial charge in [-0.25, -0.2) is 0 Å². The number of carbonyl (C=O) groups is 1. The normalized spacial score (nSPS) is 16.5. The Hall–Kier alpha value is -1.77. The molecule has 112 valence electrons. The maximum atomic E-state index is 12.2. The minimum atomic E-state index is 0.103. The van der Waals surface area contributed by atoms with E-state index < -0.39 is 0 Å². The molecule has 2 N–H and O–H groups in total. The summed E-state index contributed by atoms with van der Waals surface area (Å²) in [6.07, 6.45) is 4.44. The maximum Gasteiger partial charge on any atom is 0.227 e. The number of carbonyl (C=O) groups excluding carboxylic acids is 1. The van der Waals surface area contributed by atoms with Crippen molar-refractivity contribution in [2.75, 3.05) is 5.32 Å². The molecule has 21 heavy (non-hydrogen) atoms. The lowest BCUT2D eigenvalue weighted by Crippen LogP contribution is -2.20. The summed E-state index contributed by atoms with van der Waals surface area (Å²) in [6.45, 7) is 6.58. The number of benzene rings is 1. The van der Waals surface area contributed by atoms with Crippen LogP contribution in [-0.4, -0.2) is 10.9 Å². The minimum absolute atomic E-state index is 0.103. The molecule has 1 fully saturated rings. The van der Waals surface area contributed by atoms with Gasteiger partial charge in [-0.15, -0.1) is 0 Å². The van der Waals surface area contributed by atoms with Crippen LogP contribution in [0.4, 0.5) is 5.69 Å². The number of hydrogen-bond donors (Lipinski definition) is 2. The van der Waals surface area contributed by atoms with E-state index in [1.54, 1.807) is 0 Å². The SMILES string of the molecule is CC(C)(C)c1cc2cc(NC(=O)C3CCCC3)ccc2[nH]1. The quantitative estimate of drug-likeness (QED) is 0.832. The van der Waals surface area contributed by atoms with Crippen molar-refractivity contribution in [2.24, 2.45) is 5.92 Å². The first-order valence-corrected chi connectivity index (χ1v) is 7.87. The predicted octanol–water partition coefficient (Wildman–Crippen LogP) is 4.59. The Kier molecular flexibility index (Phi) is 3.52. The smallest absolute Gasteiger partial charge is 0.227 e. The summed E-state index contributed by atoms with van der Waals surface area (Å²) in [5, 5.41) is 4.23. The van der Waals surface area contributed by atoms with E-state index in [2.05, 4.69) is 49.3 Å². The molecule has 2 aromatic rings. The van der Waals surface area contributed by atoms with E-state index in [1.807, 2.05) is 6.07 Å². The highest BCUT2D eigenvalue weighted by molar-refractivity contribution is 5.95. The van der Waals surface area contributed by atoms with Gasteiger partial charge in [0.2, 0.25) is 5.91 Å². The molecule has 0 atom stereocenters. The monoisotopic (exact) mass is 284 g/mol. The van der Waals surface area contributed by atoms with E-state index in [9.17, 15) is 4.79 Å². The van der Waals surface area contributed by atoms with Gasteiger partial charge in [-0.3, -0.25) is 4.79 Å². The van der Waals surface area contributed by atoms with Gasteiger partial charge < -0.3 is 10.3 Å². The number of fused-ring (bicyclic) bond motifs is 1. The zero-order valence-corrected chi connectivity index (χ0v) is 13.1. The molecular formula is C18H24N2O. The van der Waals surface area contributed by atoms with E-state index in [0.29, 0.717) is 0 Å². The molecule has 1 aromatic heterocycles. The number of aromatic nitrogens is 1. The molecule has 1 saturated carbocycles. The summed E-state index contributed by atoms with van der Waals surface area (Å²) < 4.78 is 0. The van der Waals surface area contributed by atoms with Crippen LogP contribution in [0.5, 0.6) is 0 Å². The van der Waals surface area contributed by atoms with Crippen LogP contribution in [0.3, 0.4) is 0 Å². The summed E-state index contributed by atoms with van der Waals surface area (Å²) in [7, 11) is 0. The summed E-state index contributed by atoms with van der Waals surface area (Å²) in [5.74, 6) is 0.385. The topological polar surface area (TPSA) is 44.9 Å². The zero-order valence-electron chi connectivity index (χ0n) is 13.1. The number of anilines is 1. The summed E-state index contributed by atoms with van der Waals surface area (Å²) >= 11 is 0. The standard InChI is InChI=1S/C18H24N2O/c1-18(2,3)16-11-13-10-14(8-9-15(13)20-16)19-17(21)12-6-4-5-7-12/h8-12,20H,4-7H2,1-3H3,(H,19,21). The maximum absolute atomic E-state index is 12.2. The third-order valence-electron chi connectivity index (χ3n) is 4.42. The van der Waals surface area contributed by atoms with Crippen LogP contribution in [0.1, 0.15) is 52.1 Å². The number of rotatable bonds is 2. The van der Waals surface area contributed by atoms with Gasteiger partial charge in [-0.2, -0.15) is 0 Å². The molecule has 1 aliphatic carbocycles. The number of amides is 1. The van der Waals surface area contributed by atoms with Gasteiger partial charge in [-0.1, -0.05) is 33.6 Å². The molecule has 0 radical (unpaired) electrons. The van der Waals surface area contributed by atoms with Crippen LogP contribution in [0, 0.1) is 5.92 Å². The molecule has 0 aliphatic heterocycles. The fourth-order valence-corrected chi connectivity index (χ4v) is 3.05. The highest BCUT2D eigenvalue weighted by Crippen LogP contribution is 2.29. The van der Waals surface area contributed by atoms with E-state index in [4.69, 9.17) is 0 Å². The number of H-pyrrole nitrogens is 1. The summed E-state index contributed by atoms with van der Waals surface area (Å²) in [5.41, 5.74) is 3.35. The van der Waals surface area contributed by atoms with E-state index in [0.717, 1.165) is 29.4 Å². The second-order valence-corrected chi connectivity index (χ2v) is 7.21. The van der Waals surface area contributed by atoms with Crippen molar-refractivity contribution in [2.45, 2.75) is 51.9 Å². The molecule has 1 amide bonds. The Morgan fingerprint density at radius 2 is 1.90 bits per heavy atom. The number of nitrogens with one attached hydrogen (secondary N) is 2. The van der Waals surface area contributed by atoms with Gasteiger partial charge in [0.25, 0.3) is 0 Å². The Morgan fingerprint density at radius 1 is 1.19 bits per heavy atom. The van der Waals surface area contributed by atoms with Crippen molar-refractivity contribution in [1.29, 1.82) is 0 Å². The third-order valence-corrected chi connectivity index (χ3v) is 4.42. The van der Waals surface area contributed by atoms with Crippen LogP contribution in [-0.2, 0) is 10.2 Å². The van der Waals surface area contributed by atoms with Gasteiger partial charge in [0.05, 0.1) is 0 Å². The summed E-state index contributed by atoms with van der Waals surface area (Å²) in [6, 6.07) is 8.28. The van der Waals surface area contributed by atoms with Gasteiger partial charge in [0, 0.05) is 33.6 Å². The first kappa shape index (κ1) is 14.2. The third kappa shape index (κ3) is 2.97. The molecule has 3 rings (SSSR count). The largest absolute Gasteiger partial charge is 0.358 e. The lowest BCUT2D eigenvalue weighted by atomic mass is 9.92. The second kappa shape index (κ2) is 5.21. The molecule has 0 saturated heterocycles. The molecule has 1 aromatic carbocycles. The van der Waals surface area contributed by atoms with Crippen molar-refractivity contribution >= 4 is 22.5 Å². The van der Waals surface area contributed by atoms with E-state index in [1.165, 1.54) is 18.5 Å². The number of hydrogen-bond acceptors (Lipinski definition) is 1. The lowest BCUT2D eigenvalue weighted by Gasteiger charge is -2.15. The first-order valence-electron chi connectivity index (χ1n) is 7.87. The van der Waals surface area contributed by atoms with E-state index >= 15 is 0 Å². The molecule has 0 spiro atoms. The average Bonchev–Trinajstić information content (AvgIpc) is 3.06. The fourth-order valence-electron chi connectivity index (χ4n) is 3.05. The van der Waals surface area contributed by atoms with Gasteiger partial charge in [-0.05, 0) is 37.1 Å². The van der Waals surface area contributed by atoms with Crippen molar-refractivity contribution < 1.29 is 4.79 Å². The molecule has 3 heteroatoms. The number of aromatic amines is 1. The predicted molar refractivity (Wildman–Crippen MR) is 87.6 cm³/mol. The molecule has 1 heterocycles. The molecular weight excluding hydrogens is 260 g/mol. The fraction of sp³-hybridized carbons (Fsp3) is 0.500.